The van der Waals surface area contributed by atoms with E-state index in [0.29, 0.717) is 13.0 Å². The van der Waals surface area contributed by atoms with Gasteiger partial charge in [-0.15, -0.1) is 11.3 Å². The van der Waals surface area contributed by atoms with Crippen molar-refractivity contribution in [1.82, 2.24) is 4.98 Å². The third kappa shape index (κ3) is 3.77. The minimum atomic E-state index is 0.0889. The number of ether oxygens (including phenoxy) is 1. The fourth-order valence-electron chi connectivity index (χ4n) is 3.32. The Morgan fingerprint density at radius 3 is 3.00 bits per heavy atom. The van der Waals surface area contributed by atoms with Crippen LogP contribution in [0.5, 0.6) is 5.75 Å². The molecule has 0 N–H and O–H groups in total. The number of halogens is 1. The summed E-state index contributed by atoms with van der Waals surface area (Å²) in [5.74, 6) is 0.914. The van der Waals surface area contributed by atoms with Crippen molar-refractivity contribution in [1.29, 1.82) is 0 Å². The average Bonchev–Trinajstić information content (AvgIpc) is 3.29. The van der Waals surface area contributed by atoms with E-state index in [-0.39, 0.29) is 5.91 Å². The highest BCUT2D eigenvalue weighted by molar-refractivity contribution is 9.10. The molecule has 1 aliphatic rings. The van der Waals surface area contributed by atoms with E-state index >= 15 is 0 Å². The van der Waals surface area contributed by atoms with Crippen LogP contribution in [0, 0.1) is 0 Å². The molecule has 0 fully saturated rings. The van der Waals surface area contributed by atoms with Crippen LogP contribution in [-0.2, 0) is 17.6 Å². The van der Waals surface area contributed by atoms with E-state index in [9.17, 15) is 4.79 Å². The van der Waals surface area contributed by atoms with Crippen LogP contribution in [0.3, 0.4) is 0 Å². The molecule has 1 aliphatic heterocycles. The number of carbonyl (C=O) groups excluding carboxylic acids is 1. The van der Waals surface area contributed by atoms with E-state index in [1.165, 1.54) is 5.56 Å². The van der Waals surface area contributed by atoms with Crippen molar-refractivity contribution in [2.24, 2.45) is 0 Å². The van der Waals surface area contributed by atoms with Crippen molar-refractivity contribution in [3.63, 3.8) is 0 Å². The Morgan fingerprint density at radius 2 is 2.15 bits per heavy atom. The molecule has 0 aliphatic carbocycles. The van der Waals surface area contributed by atoms with Gasteiger partial charge in [0, 0.05) is 22.1 Å². The largest absolute Gasteiger partial charge is 0.493 e. The molecular formula is C21H19BrN2O2S. The Morgan fingerprint density at radius 1 is 1.30 bits per heavy atom. The van der Waals surface area contributed by atoms with Crippen molar-refractivity contribution >= 4 is 38.9 Å². The number of hydrogen-bond acceptors (Lipinski definition) is 4. The summed E-state index contributed by atoms with van der Waals surface area (Å²) in [6.45, 7) is 3.31. The van der Waals surface area contributed by atoms with Crippen LogP contribution in [0.25, 0.3) is 10.6 Å². The third-order valence-corrected chi connectivity index (χ3v) is 5.96. The van der Waals surface area contributed by atoms with Gasteiger partial charge in [0.05, 0.1) is 24.3 Å². The number of rotatable bonds is 5. The first-order valence-corrected chi connectivity index (χ1v) is 10.6. The predicted octanol–water partition coefficient (Wildman–Crippen LogP) is 5.10. The first-order chi connectivity index (χ1) is 13.2. The van der Waals surface area contributed by atoms with E-state index in [1.807, 2.05) is 53.6 Å². The zero-order valence-electron chi connectivity index (χ0n) is 14.9. The molecule has 3 aromatic rings. The van der Waals surface area contributed by atoms with Gasteiger partial charge in [0.25, 0.3) is 0 Å². The van der Waals surface area contributed by atoms with Gasteiger partial charge in [0.15, 0.2) is 0 Å². The number of hydrogen-bond donors (Lipinski definition) is 0. The Bertz CT molecular complexity index is 986. The number of carbonyl (C=O) groups is 1. The number of aromatic nitrogens is 1. The SMILES string of the molecule is CCOc1ccccc1-c1nc(CC(=O)N2CCc3cc(Br)ccc32)cs1. The Kier molecular flexibility index (Phi) is 5.27. The van der Waals surface area contributed by atoms with Crippen molar-refractivity contribution in [2.75, 3.05) is 18.1 Å². The Labute approximate surface area is 170 Å². The number of nitrogens with zero attached hydrogens (tertiary/aromatic N) is 2. The lowest BCUT2D eigenvalue weighted by atomic mass is 10.2. The van der Waals surface area contributed by atoms with Crippen LogP contribution in [0.15, 0.2) is 52.3 Å². The maximum Gasteiger partial charge on any atom is 0.233 e. The maximum atomic E-state index is 12.8. The van der Waals surface area contributed by atoms with Gasteiger partial charge in [0.2, 0.25) is 5.91 Å². The highest BCUT2D eigenvalue weighted by Gasteiger charge is 2.25. The maximum absolute atomic E-state index is 12.8. The van der Waals surface area contributed by atoms with Gasteiger partial charge in [-0.2, -0.15) is 0 Å². The topological polar surface area (TPSA) is 42.4 Å². The third-order valence-electron chi connectivity index (χ3n) is 4.54. The van der Waals surface area contributed by atoms with Gasteiger partial charge >= 0.3 is 0 Å². The van der Waals surface area contributed by atoms with E-state index in [1.54, 1.807) is 11.3 Å². The lowest BCUT2D eigenvalue weighted by molar-refractivity contribution is -0.117. The van der Waals surface area contributed by atoms with Gasteiger partial charge in [-0.05, 0) is 49.2 Å². The number of benzene rings is 2. The van der Waals surface area contributed by atoms with Crippen LogP contribution in [0.2, 0.25) is 0 Å². The number of para-hydroxylation sites is 1. The van der Waals surface area contributed by atoms with Crippen molar-refractivity contribution < 1.29 is 9.53 Å². The normalized spacial score (nSPS) is 12.9. The molecule has 0 bridgehead atoms. The number of anilines is 1. The molecule has 4 rings (SSSR count). The summed E-state index contributed by atoms with van der Waals surface area (Å²) in [6, 6.07) is 14.0. The summed E-state index contributed by atoms with van der Waals surface area (Å²) in [5.41, 5.74) is 4.00. The van der Waals surface area contributed by atoms with E-state index in [0.717, 1.165) is 45.1 Å². The molecule has 0 spiro atoms. The summed E-state index contributed by atoms with van der Waals surface area (Å²) in [7, 11) is 0. The molecule has 2 aromatic carbocycles. The molecule has 4 nitrogen and oxygen atoms in total. The molecule has 27 heavy (non-hydrogen) atoms. The first kappa shape index (κ1) is 18.2. The summed E-state index contributed by atoms with van der Waals surface area (Å²) in [6.07, 6.45) is 1.20. The van der Waals surface area contributed by atoms with Crippen molar-refractivity contribution in [2.45, 2.75) is 19.8 Å². The van der Waals surface area contributed by atoms with Crippen LogP contribution >= 0.6 is 27.3 Å². The quantitative estimate of drug-likeness (QED) is 0.551. The van der Waals surface area contributed by atoms with Crippen LogP contribution in [0.1, 0.15) is 18.2 Å². The second kappa shape index (κ2) is 7.82. The average molecular weight is 443 g/mol. The second-order valence-corrected chi connectivity index (χ2v) is 8.09. The Hall–Kier alpha value is -2.18. The molecule has 2 heterocycles. The number of fused-ring (bicyclic) bond motifs is 1. The molecule has 1 amide bonds. The minimum absolute atomic E-state index is 0.0889. The summed E-state index contributed by atoms with van der Waals surface area (Å²) in [5, 5.41) is 2.85. The second-order valence-electron chi connectivity index (χ2n) is 6.32. The van der Waals surface area contributed by atoms with Crippen LogP contribution in [0.4, 0.5) is 5.69 Å². The lowest BCUT2D eigenvalue weighted by Gasteiger charge is -2.16. The highest BCUT2D eigenvalue weighted by atomic mass is 79.9. The van der Waals surface area contributed by atoms with Crippen molar-refractivity contribution in [3.05, 3.63) is 63.6 Å². The molecule has 0 saturated carbocycles. The monoisotopic (exact) mass is 442 g/mol. The molecule has 0 saturated heterocycles. The van der Waals surface area contributed by atoms with E-state index < -0.39 is 0 Å². The number of thiazole rings is 1. The fraction of sp³-hybridized carbons (Fsp3) is 0.238. The zero-order valence-corrected chi connectivity index (χ0v) is 17.3. The summed E-state index contributed by atoms with van der Waals surface area (Å²) >= 11 is 5.04. The molecular weight excluding hydrogens is 424 g/mol. The summed E-state index contributed by atoms with van der Waals surface area (Å²) < 4.78 is 6.75. The van der Waals surface area contributed by atoms with Gasteiger partial charge < -0.3 is 9.64 Å². The van der Waals surface area contributed by atoms with Gasteiger partial charge in [0.1, 0.15) is 10.8 Å². The molecule has 138 valence electrons. The van der Waals surface area contributed by atoms with Crippen LogP contribution in [-0.4, -0.2) is 24.0 Å². The first-order valence-electron chi connectivity index (χ1n) is 8.91. The van der Waals surface area contributed by atoms with Gasteiger partial charge in [-0.1, -0.05) is 28.1 Å². The summed E-state index contributed by atoms with van der Waals surface area (Å²) in [4.78, 5) is 19.4. The van der Waals surface area contributed by atoms with Gasteiger partial charge in [-0.25, -0.2) is 4.98 Å². The van der Waals surface area contributed by atoms with E-state index in [4.69, 9.17) is 4.74 Å². The van der Waals surface area contributed by atoms with E-state index in [2.05, 4.69) is 27.0 Å². The molecule has 0 atom stereocenters. The Balaban J connectivity index is 1.52. The van der Waals surface area contributed by atoms with Gasteiger partial charge in [-0.3, -0.25) is 4.79 Å². The van der Waals surface area contributed by atoms with Crippen molar-refractivity contribution in [3.8, 4) is 16.3 Å². The molecule has 0 radical (unpaired) electrons. The standard InChI is InChI=1S/C21H19BrN2O2S/c1-2-26-19-6-4-3-5-17(19)21-23-16(13-27-21)12-20(25)24-10-9-14-11-15(22)7-8-18(14)24/h3-8,11,13H,2,9-10,12H2,1H3. The molecule has 0 unspecified atom stereocenters. The molecule has 6 heteroatoms. The minimum Gasteiger partial charge on any atom is -0.493 e. The zero-order chi connectivity index (χ0) is 18.8. The fourth-order valence-corrected chi connectivity index (χ4v) is 4.57. The highest BCUT2D eigenvalue weighted by Crippen LogP contribution is 2.33. The number of amides is 1. The lowest BCUT2D eigenvalue weighted by Crippen LogP contribution is -2.30. The van der Waals surface area contributed by atoms with Crippen LogP contribution < -0.4 is 9.64 Å². The smallest absolute Gasteiger partial charge is 0.233 e. The predicted molar refractivity (Wildman–Crippen MR) is 113 cm³/mol. The molecule has 1 aromatic heterocycles.